The van der Waals surface area contributed by atoms with Crippen LogP contribution in [0.25, 0.3) is 21.5 Å². The Balaban J connectivity index is 0.00000490. The summed E-state index contributed by atoms with van der Waals surface area (Å²) in [4.78, 5) is 0.788. The second-order valence-electron chi connectivity index (χ2n) is 16.1. The van der Waals surface area contributed by atoms with Gasteiger partial charge >= 0.3 is 148 Å². The van der Waals surface area contributed by atoms with Crippen molar-refractivity contribution in [1.29, 1.82) is 0 Å². The number of benzene rings is 4. The average Bonchev–Trinajstić information content (AvgIpc) is 3.55. The maximum atomic E-state index is 12.9. The number of fused-ring (bicyclic) bond motifs is 6. The minimum absolute atomic E-state index is 0. The van der Waals surface area contributed by atoms with Gasteiger partial charge in [0.05, 0.1) is 55.2 Å². The molecule has 6 rings (SSSR count). The second-order valence-corrected chi connectivity index (χ2v) is 23.5. The smallest absolute Gasteiger partial charge is 0.748 e. The van der Waals surface area contributed by atoms with Crippen LogP contribution in [0.2, 0.25) is 0 Å². The molecule has 4 aromatic rings. The molecule has 2 heterocycles. The van der Waals surface area contributed by atoms with E-state index in [9.17, 15) is 62.4 Å². The zero-order valence-corrected chi connectivity index (χ0v) is 54.6. The Kier molecular flexibility index (Phi) is 27.6. The zero-order valence-electron chi connectivity index (χ0n) is 39.7. The third-order valence-electron chi connectivity index (χ3n) is 11.2. The van der Waals surface area contributed by atoms with Crippen molar-refractivity contribution >= 4 is 103 Å². The minimum atomic E-state index is -5.17. The molecule has 0 unspecified atom stereocenters. The van der Waals surface area contributed by atoms with Gasteiger partial charge in [0.2, 0.25) is 5.69 Å². The molecular formula is C39H40N2Na5O18S6+. The Hall–Kier alpha value is 1.45. The summed E-state index contributed by atoms with van der Waals surface area (Å²) >= 11 is 0.788. The minimum Gasteiger partial charge on any atom is -0.748 e. The molecule has 0 atom stereocenters. The van der Waals surface area contributed by atoms with Crippen LogP contribution in [0.5, 0.6) is 0 Å². The van der Waals surface area contributed by atoms with E-state index in [4.69, 9.17) is 0 Å². The van der Waals surface area contributed by atoms with E-state index < -0.39 is 72.6 Å². The summed E-state index contributed by atoms with van der Waals surface area (Å²) in [6, 6.07) is 11.3. The molecule has 354 valence electrons. The molecule has 0 saturated carbocycles. The summed E-state index contributed by atoms with van der Waals surface area (Å²) in [7, 11) is -19.0. The maximum Gasteiger partial charge on any atom is 1.00 e. The number of anilines is 1. The predicted octanol–water partition coefficient (Wildman–Crippen LogP) is -11.1. The van der Waals surface area contributed by atoms with Crippen molar-refractivity contribution in [2.45, 2.75) is 83.8 Å². The van der Waals surface area contributed by atoms with Crippen molar-refractivity contribution in [1.82, 2.24) is 0 Å². The van der Waals surface area contributed by atoms with Crippen LogP contribution in [0, 0.1) is 0 Å². The van der Waals surface area contributed by atoms with E-state index in [1.54, 1.807) is 56.3 Å². The van der Waals surface area contributed by atoms with Crippen molar-refractivity contribution in [3.63, 3.8) is 0 Å². The first kappa shape index (κ1) is 69.5. The van der Waals surface area contributed by atoms with Gasteiger partial charge in [-0.15, -0.1) is 0 Å². The zero-order chi connectivity index (χ0) is 47.9. The van der Waals surface area contributed by atoms with E-state index >= 15 is 0 Å². The molecule has 31 heteroatoms. The summed E-state index contributed by atoms with van der Waals surface area (Å²) in [5, 5.41) is 29.6. The number of unbranched alkanes of at least 4 members (excludes halogenated alkanes) is 2. The van der Waals surface area contributed by atoms with Gasteiger partial charge in [0.15, 0.2) is 5.71 Å². The summed E-state index contributed by atoms with van der Waals surface area (Å²) < 4.78 is 153. The molecule has 70 heavy (non-hydrogen) atoms. The molecule has 0 aromatic heterocycles. The molecule has 0 bridgehead atoms. The summed E-state index contributed by atoms with van der Waals surface area (Å²) in [5.41, 5.74) is 1.26. The Morgan fingerprint density at radius 1 is 0.700 bits per heavy atom. The van der Waals surface area contributed by atoms with Gasteiger partial charge in [-0.05, 0) is 91.9 Å². The Morgan fingerprint density at radius 2 is 1.30 bits per heavy atom. The molecule has 0 amide bonds. The van der Waals surface area contributed by atoms with Crippen molar-refractivity contribution in [2.24, 2.45) is 0 Å². The van der Waals surface area contributed by atoms with Crippen molar-refractivity contribution in [3.8, 4) is 0 Å². The van der Waals surface area contributed by atoms with Crippen LogP contribution in [-0.4, -0.2) is 86.8 Å². The van der Waals surface area contributed by atoms with Crippen LogP contribution in [0.3, 0.4) is 0 Å². The number of rotatable bonds is 20. The summed E-state index contributed by atoms with van der Waals surface area (Å²) in [6.07, 6.45) is 5.77. The van der Waals surface area contributed by atoms with E-state index in [0.717, 1.165) is 12.1 Å². The molecule has 4 aromatic carbocycles. The largest absolute Gasteiger partial charge is 1.00 e. The number of allylic oxidation sites excluding steroid dienone is 4. The molecular weight excluding hydrogens is 1090 g/mol. The number of hydrogen-bond acceptors (Lipinski definition) is 20. The van der Waals surface area contributed by atoms with Crippen LogP contribution in [-0.2, 0) is 70.0 Å². The fraction of sp³-hybridized carbons (Fsp3) is 0.359. The second kappa shape index (κ2) is 27.9. The molecule has 0 saturated heterocycles. The normalized spacial score (nSPS) is 15.8. The van der Waals surface area contributed by atoms with E-state index in [-0.39, 0.29) is 202 Å². The quantitative estimate of drug-likeness (QED) is 0.0163. The predicted molar refractivity (Wildman–Crippen MR) is 230 cm³/mol. The first-order valence-corrected chi connectivity index (χ1v) is 26.8. The Labute approximate surface area is 525 Å². The van der Waals surface area contributed by atoms with Crippen molar-refractivity contribution in [3.05, 3.63) is 83.6 Å². The fourth-order valence-corrected chi connectivity index (χ4v) is 12.2. The monoisotopic (exact) mass is 1130 g/mol. The first-order valence-electron chi connectivity index (χ1n) is 19.3. The topological polar surface area (TPSA) is 315 Å². The molecule has 0 spiro atoms. The van der Waals surface area contributed by atoms with Crippen molar-refractivity contribution in [2.75, 3.05) is 29.5 Å². The number of hydrogen-bond donors (Lipinski definition) is 1. The van der Waals surface area contributed by atoms with Gasteiger partial charge in [-0.3, -0.25) is 14.6 Å². The number of nitrogens with zero attached hydrogens (tertiary/aromatic N) is 2. The Bertz CT molecular complexity index is 3120. The molecule has 0 aliphatic carbocycles. The van der Waals surface area contributed by atoms with Crippen LogP contribution in [0.1, 0.15) is 64.5 Å². The SMILES string of the molecule is CC1(C)C(C=C/C=C2/N(CCCCS(=O)(=O)O)c3ccc4cc(SOO[O-])cc(S(=O)(=O)[O-])c4c3C2(C)C)=[N+](CCCCS(=O)(=O)[O-])c2ccc3cc(S(=O)(=O)[O-])cc(SOO[O-])c3c21.[Na+].[Na+].[Na+].[Na+].[Na+]. The summed E-state index contributed by atoms with van der Waals surface area (Å²) in [5.74, 6) is -1.14. The van der Waals surface area contributed by atoms with E-state index in [1.165, 1.54) is 12.1 Å². The van der Waals surface area contributed by atoms with Gasteiger partial charge in [-0.1, -0.05) is 26.0 Å². The summed E-state index contributed by atoms with van der Waals surface area (Å²) in [6.45, 7) is 7.67. The molecule has 20 nitrogen and oxygen atoms in total. The van der Waals surface area contributed by atoms with Crippen LogP contribution in [0.15, 0.2) is 92.0 Å². The molecule has 0 fully saturated rings. The third kappa shape index (κ3) is 16.3. The third-order valence-corrected chi connectivity index (χ3v) is 15.6. The molecule has 1 N–H and O–H groups in total. The van der Waals surface area contributed by atoms with E-state index in [2.05, 4.69) is 18.7 Å². The van der Waals surface area contributed by atoms with Gasteiger partial charge in [-0.25, -0.2) is 25.3 Å². The fourth-order valence-electron chi connectivity index (χ4n) is 8.66. The standard InChI is InChI=1S/C39H44N2O18S6.5Na/c1-38(2)32(40(16-5-7-18-62(44,45)46)28-15-13-25-21-27(64(50,51)52)23-30(61-59-57-43)34(25)36(28)38)10-9-11-33-39(3,4)37-29(41(33)17-6-8-19-63(47,48)49)14-12-24-20-26(60-58-56-42)22-31(35(24)37)65(53,54)55;;;;;/h9-15,20-23H,5-8,16-19H2,1-4H3,(H5-,42,43,44,45,46,47,48,49,50,51,52,53,54,55);;;;;/q;5*+1/p-4. The Morgan fingerprint density at radius 3 is 1.89 bits per heavy atom. The van der Waals surface area contributed by atoms with Gasteiger partial charge in [0.25, 0.3) is 10.1 Å². The van der Waals surface area contributed by atoms with Gasteiger partial charge in [0, 0.05) is 73.8 Å². The van der Waals surface area contributed by atoms with Gasteiger partial charge < -0.3 is 29.1 Å². The van der Waals surface area contributed by atoms with E-state index in [1.807, 2.05) is 23.3 Å². The first-order chi connectivity index (χ1) is 30.2. The molecule has 2 aliphatic rings. The maximum absolute atomic E-state index is 12.9. The van der Waals surface area contributed by atoms with Crippen molar-refractivity contribution < 1.29 is 234 Å². The van der Waals surface area contributed by atoms with E-state index in [0.29, 0.717) is 74.2 Å². The van der Waals surface area contributed by atoms with Crippen LogP contribution >= 0.6 is 24.1 Å². The molecule has 2 aliphatic heterocycles. The van der Waals surface area contributed by atoms with Crippen LogP contribution < -0.4 is 163 Å². The van der Waals surface area contributed by atoms with Gasteiger partial charge in [0.1, 0.15) is 26.8 Å². The average molecular weight is 1130 g/mol. The molecule has 0 radical (unpaired) electrons. The van der Waals surface area contributed by atoms with Crippen LogP contribution in [0.4, 0.5) is 11.4 Å². The van der Waals surface area contributed by atoms with Gasteiger partial charge in [-0.2, -0.15) is 21.7 Å².